The molecule has 0 saturated heterocycles. The summed E-state index contributed by atoms with van der Waals surface area (Å²) >= 11 is 0. The van der Waals surface area contributed by atoms with Crippen LogP contribution in [-0.2, 0) is 20.9 Å². The fraction of sp³-hybridized carbons (Fsp3) is 0.348. The lowest BCUT2D eigenvalue weighted by Gasteiger charge is -2.34. The summed E-state index contributed by atoms with van der Waals surface area (Å²) in [5.41, 5.74) is -0.0469. The molecule has 0 spiro atoms. The van der Waals surface area contributed by atoms with Crippen molar-refractivity contribution in [2.45, 2.75) is 50.9 Å². The number of hydrogen-bond donors (Lipinski definition) is 2. The van der Waals surface area contributed by atoms with Crippen LogP contribution in [0.1, 0.15) is 66.6 Å². The van der Waals surface area contributed by atoms with E-state index in [-0.39, 0.29) is 23.5 Å². The van der Waals surface area contributed by atoms with Gasteiger partial charge in [-0.15, -0.1) is 0 Å². The number of benzene rings is 2. The summed E-state index contributed by atoms with van der Waals surface area (Å²) in [5, 5.41) is 14.2. The topological polar surface area (TPSA) is 92.7 Å². The Hall–Kier alpha value is -2.99. The van der Waals surface area contributed by atoms with E-state index in [1.54, 1.807) is 43.3 Å². The first kappa shape index (κ1) is 19.3. The molecule has 2 aliphatic rings. The van der Waals surface area contributed by atoms with Crippen LogP contribution in [0.25, 0.3) is 0 Å². The van der Waals surface area contributed by atoms with Crippen LogP contribution >= 0.6 is 0 Å². The minimum Gasteiger partial charge on any atom is -0.454 e. The lowest BCUT2D eigenvalue weighted by Crippen LogP contribution is -2.61. The number of ketones is 2. The summed E-state index contributed by atoms with van der Waals surface area (Å²) in [5.74, 6) is -3.63. The Balaban J connectivity index is 1.92. The molecule has 1 aliphatic heterocycles. The molecule has 0 saturated carbocycles. The van der Waals surface area contributed by atoms with Gasteiger partial charge in [-0.2, -0.15) is 0 Å². The van der Waals surface area contributed by atoms with Gasteiger partial charge in [-0.25, -0.2) is 0 Å². The number of carbonyl (C=O) groups excluding carboxylic acids is 3. The molecule has 150 valence electrons. The number of nitrogens with one attached hydrogen (secondary N) is 1. The molecule has 6 nitrogen and oxygen atoms in total. The lowest BCUT2D eigenvalue weighted by atomic mass is 9.82. The molecule has 1 heterocycles. The Morgan fingerprint density at radius 2 is 1.86 bits per heavy atom. The van der Waals surface area contributed by atoms with E-state index in [4.69, 9.17) is 4.74 Å². The quantitative estimate of drug-likeness (QED) is 0.762. The molecule has 0 radical (unpaired) electrons. The molecule has 6 heteroatoms. The normalized spacial score (nSPS) is 24.0. The van der Waals surface area contributed by atoms with Gasteiger partial charge in [0, 0.05) is 23.1 Å². The Morgan fingerprint density at radius 1 is 1.14 bits per heavy atom. The smallest absolute Gasteiger partial charge is 0.288 e. The molecule has 29 heavy (non-hydrogen) atoms. The third-order valence-corrected chi connectivity index (χ3v) is 5.75. The number of aliphatic hydroxyl groups is 1. The summed E-state index contributed by atoms with van der Waals surface area (Å²) in [6.45, 7) is 5.83. The molecule has 2 aromatic rings. The molecule has 2 atom stereocenters. The molecule has 2 unspecified atom stereocenters. The van der Waals surface area contributed by atoms with Crippen molar-refractivity contribution in [3.05, 3.63) is 64.7 Å². The van der Waals surface area contributed by atoms with E-state index >= 15 is 0 Å². The van der Waals surface area contributed by atoms with Crippen molar-refractivity contribution in [1.82, 2.24) is 5.32 Å². The number of Topliss-reactive ketones (excluding diaryl/α,β-unsaturated/α-hetero) is 2. The fourth-order valence-electron chi connectivity index (χ4n) is 4.21. The highest BCUT2D eigenvalue weighted by Gasteiger charge is 2.71. The maximum absolute atomic E-state index is 13.5. The van der Waals surface area contributed by atoms with Gasteiger partial charge < -0.3 is 15.2 Å². The Morgan fingerprint density at radius 3 is 2.55 bits per heavy atom. The maximum atomic E-state index is 13.5. The highest BCUT2D eigenvalue weighted by Crippen LogP contribution is 2.58. The summed E-state index contributed by atoms with van der Waals surface area (Å²) < 4.78 is 5.96. The highest BCUT2D eigenvalue weighted by atomic mass is 16.6. The first-order valence-electron chi connectivity index (χ1n) is 9.81. The van der Waals surface area contributed by atoms with Gasteiger partial charge in [0.2, 0.25) is 17.1 Å². The van der Waals surface area contributed by atoms with E-state index in [0.717, 1.165) is 5.56 Å². The summed E-state index contributed by atoms with van der Waals surface area (Å²) in [7, 11) is 0. The Kier molecular flexibility index (Phi) is 4.35. The monoisotopic (exact) mass is 393 g/mol. The number of hydrogen-bond acceptors (Lipinski definition) is 5. The predicted molar refractivity (Wildman–Crippen MR) is 106 cm³/mol. The van der Waals surface area contributed by atoms with Crippen LogP contribution in [-0.4, -0.2) is 22.6 Å². The van der Waals surface area contributed by atoms with Gasteiger partial charge >= 0.3 is 0 Å². The second-order valence-corrected chi connectivity index (χ2v) is 7.91. The largest absolute Gasteiger partial charge is 0.454 e. The van der Waals surface area contributed by atoms with Crippen molar-refractivity contribution in [2.24, 2.45) is 0 Å². The van der Waals surface area contributed by atoms with Crippen LogP contribution in [0, 0.1) is 0 Å². The molecule has 1 amide bonds. The molecule has 0 fully saturated rings. The van der Waals surface area contributed by atoms with Crippen molar-refractivity contribution < 1.29 is 24.2 Å². The van der Waals surface area contributed by atoms with E-state index in [2.05, 4.69) is 5.32 Å². The van der Waals surface area contributed by atoms with Crippen molar-refractivity contribution in [2.75, 3.05) is 0 Å². The van der Waals surface area contributed by atoms with Crippen LogP contribution in [0.5, 0.6) is 5.75 Å². The molecule has 1 aliphatic carbocycles. The number of rotatable bonds is 5. The van der Waals surface area contributed by atoms with Gasteiger partial charge in [-0.05, 0) is 24.0 Å². The molecule has 4 rings (SSSR count). The Labute approximate surface area is 168 Å². The lowest BCUT2D eigenvalue weighted by molar-refractivity contribution is -0.176. The van der Waals surface area contributed by atoms with Gasteiger partial charge in [0.25, 0.3) is 11.7 Å². The van der Waals surface area contributed by atoms with Crippen LogP contribution < -0.4 is 10.1 Å². The Bertz CT molecular complexity index is 1040. The van der Waals surface area contributed by atoms with Gasteiger partial charge in [0.15, 0.2) is 0 Å². The first-order valence-corrected chi connectivity index (χ1v) is 9.81. The molecular formula is C23H23NO5. The summed E-state index contributed by atoms with van der Waals surface area (Å²) in [6.07, 6.45) is 0.560. The van der Waals surface area contributed by atoms with Crippen molar-refractivity contribution >= 4 is 17.5 Å². The van der Waals surface area contributed by atoms with Crippen LogP contribution in [0.4, 0.5) is 0 Å². The summed E-state index contributed by atoms with van der Waals surface area (Å²) in [6, 6.07) is 11.9. The minimum atomic E-state index is -2.12. The molecular weight excluding hydrogens is 370 g/mol. The number of carbonyl (C=O) groups is 3. The SMILES string of the molecule is CCCC(=O)C(=O)NC12C(=O)c3ccccc3C1(O)Oc1cc(C(C)C)ccc12. The number of amides is 1. The predicted octanol–water partition coefficient (Wildman–Crippen LogP) is 2.92. The molecule has 2 aromatic carbocycles. The zero-order valence-electron chi connectivity index (χ0n) is 16.6. The van der Waals surface area contributed by atoms with Crippen molar-refractivity contribution in [3.63, 3.8) is 0 Å². The van der Waals surface area contributed by atoms with E-state index in [1.165, 1.54) is 0 Å². The van der Waals surface area contributed by atoms with Crippen LogP contribution in [0.2, 0.25) is 0 Å². The zero-order valence-corrected chi connectivity index (χ0v) is 16.6. The third-order valence-electron chi connectivity index (χ3n) is 5.75. The van der Waals surface area contributed by atoms with Gasteiger partial charge in [-0.3, -0.25) is 14.4 Å². The van der Waals surface area contributed by atoms with E-state index in [1.807, 2.05) is 19.9 Å². The van der Waals surface area contributed by atoms with E-state index in [9.17, 15) is 19.5 Å². The van der Waals surface area contributed by atoms with Crippen LogP contribution in [0.3, 0.4) is 0 Å². The number of fused-ring (bicyclic) bond motifs is 5. The summed E-state index contributed by atoms with van der Waals surface area (Å²) in [4.78, 5) is 38.4. The minimum absolute atomic E-state index is 0.0570. The van der Waals surface area contributed by atoms with Crippen LogP contribution in [0.15, 0.2) is 42.5 Å². The van der Waals surface area contributed by atoms with Gasteiger partial charge in [-0.1, -0.05) is 57.2 Å². The molecule has 0 bridgehead atoms. The average Bonchev–Trinajstić information content (AvgIpc) is 3.05. The van der Waals surface area contributed by atoms with E-state index < -0.39 is 28.8 Å². The standard InChI is InChI=1S/C23H23NO5/c1-4-7-18(25)21(27)24-22-17-11-10-14(13(2)3)12-19(17)29-23(22,28)16-9-6-5-8-15(16)20(22)26/h5-6,8-13,28H,4,7H2,1-3H3,(H,24,27). The van der Waals surface area contributed by atoms with Crippen molar-refractivity contribution in [1.29, 1.82) is 0 Å². The molecule has 2 N–H and O–H groups in total. The van der Waals surface area contributed by atoms with Gasteiger partial charge in [0.05, 0.1) is 0 Å². The second kappa shape index (κ2) is 6.52. The van der Waals surface area contributed by atoms with Crippen molar-refractivity contribution in [3.8, 4) is 5.75 Å². The molecule has 0 aromatic heterocycles. The average molecular weight is 393 g/mol. The highest BCUT2D eigenvalue weighted by molar-refractivity contribution is 6.37. The number of ether oxygens (including phenoxy) is 1. The second-order valence-electron chi connectivity index (χ2n) is 7.91. The fourth-order valence-corrected chi connectivity index (χ4v) is 4.21. The van der Waals surface area contributed by atoms with E-state index in [0.29, 0.717) is 17.7 Å². The van der Waals surface area contributed by atoms with Gasteiger partial charge in [0.1, 0.15) is 5.75 Å². The maximum Gasteiger partial charge on any atom is 0.288 e. The zero-order chi connectivity index (χ0) is 21.0. The third kappa shape index (κ3) is 2.48. The first-order chi connectivity index (χ1) is 13.8.